The highest BCUT2D eigenvalue weighted by Gasteiger charge is 2.15. The third-order valence-electron chi connectivity index (χ3n) is 2.50. The molecule has 6 heteroatoms. The molecule has 2 aromatic rings. The lowest BCUT2D eigenvalue weighted by atomic mass is 10.0. The number of benzene rings is 1. The molecule has 0 aliphatic heterocycles. The average Bonchev–Trinajstić information content (AvgIpc) is 2.71. The summed E-state index contributed by atoms with van der Waals surface area (Å²) in [4.78, 5) is 0. The number of hydrogen-bond acceptors (Lipinski definition) is 3. The first-order valence-corrected chi connectivity index (χ1v) is 5.80. The van der Waals surface area contributed by atoms with E-state index in [1.165, 1.54) is 6.07 Å². The van der Waals surface area contributed by atoms with E-state index in [2.05, 4.69) is 26.5 Å². The minimum absolute atomic E-state index is 0.208. The van der Waals surface area contributed by atoms with Crippen LogP contribution in [0.15, 0.2) is 35.1 Å². The zero-order valence-electron chi connectivity index (χ0n) is 9.19. The van der Waals surface area contributed by atoms with Gasteiger partial charge in [0.25, 0.3) is 0 Å². The van der Waals surface area contributed by atoms with E-state index >= 15 is 0 Å². The van der Waals surface area contributed by atoms with Crippen molar-refractivity contribution in [1.29, 1.82) is 0 Å². The van der Waals surface area contributed by atoms with Crippen LogP contribution < -0.4 is 11.3 Å². The highest BCUT2D eigenvalue weighted by molar-refractivity contribution is 9.10. The monoisotopic (exact) mass is 298 g/mol. The molecule has 0 amide bonds. The molecule has 0 bridgehead atoms. The highest BCUT2D eigenvalue weighted by Crippen LogP contribution is 2.25. The van der Waals surface area contributed by atoms with Gasteiger partial charge in [-0.25, -0.2) is 9.82 Å². The first kappa shape index (κ1) is 12.2. The molecule has 0 saturated heterocycles. The second-order valence-corrected chi connectivity index (χ2v) is 4.57. The quantitative estimate of drug-likeness (QED) is 0.672. The fourth-order valence-electron chi connectivity index (χ4n) is 1.67. The minimum Gasteiger partial charge on any atom is -0.275 e. The Balaban J connectivity index is 2.38. The second-order valence-electron chi connectivity index (χ2n) is 3.72. The topological polar surface area (TPSA) is 55.9 Å². The molecule has 1 heterocycles. The van der Waals surface area contributed by atoms with Gasteiger partial charge in [0.15, 0.2) is 0 Å². The van der Waals surface area contributed by atoms with Gasteiger partial charge in [0.05, 0.1) is 16.7 Å². The van der Waals surface area contributed by atoms with E-state index < -0.39 is 0 Å². The predicted molar refractivity (Wildman–Crippen MR) is 66.5 cm³/mol. The Kier molecular flexibility index (Phi) is 3.56. The number of rotatable bonds is 3. The third-order valence-corrected chi connectivity index (χ3v) is 3.11. The number of hydrogen-bond donors (Lipinski definition) is 2. The van der Waals surface area contributed by atoms with Gasteiger partial charge in [0.2, 0.25) is 0 Å². The SMILES string of the molecule is Cn1cc(C(NN)c2ccc(F)c(Br)c2)cn1. The minimum atomic E-state index is -0.296. The second kappa shape index (κ2) is 4.95. The van der Waals surface area contributed by atoms with Gasteiger partial charge in [0, 0.05) is 18.8 Å². The molecule has 1 aromatic heterocycles. The van der Waals surface area contributed by atoms with Crippen molar-refractivity contribution in [3.8, 4) is 0 Å². The number of hydrazine groups is 1. The van der Waals surface area contributed by atoms with E-state index in [1.807, 2.05) is 13.2 Å². The standard InChI is InChI=1S/C11H12BrFN4/c1-17-6-8(5-15-17)11(16-14)7-2-3-10(13)9(12)4-7/h2-6,11,16H,14H2,1H3. The number of nitrogens with two attached hydrogens (primary N) is 1. The van der Waals surface area contributed by atoms with Crippen molar-refractivity contribution in [2.45, 2.75) is 6.04 Å². The van der Waals surface area contributed by atoms with Crippen LogP contribution in [0.1, 0.15) is 17.2 Å². The zero-order valence-corrected chi connectivity index (χ0v) is 10.8. The molecular formula is C11H12BrFN4. The van der Waals surface area contributed by atoms with E-state index in [9.17, 15) is 4.39 Å². The van der Waals surface area contributed by atoms with Gasteiger partial charge in [0.1, 0.15) is 5.82 Å². The van der Waals surface area contributed by atoms with Crippen LogP contribution >= 0.6 is 15.9 Å². The van der Waals surface area contributed by atoms with Crippen LogP contribution in [0.4, 0.5) is 4.39 Å². The molecule has 0 radical (unpaired) electrons. The normalized spacial score (nSPS) is 12.7. The number of aromatic nitrogens is 2. The van der Waals surface area contributed by atoms with Gasteiger partial charge < -0.3 is 0 Å². The fraction of sp³-hybridized carbons (Fsp3) is 0.182. The van der Waals surface area contributed by atoms with Crippen LogP contribution in [0.2, 0.25) is 0 Å². The van der Waals surface area contributed by atoms with Crippen molar-refractivity contribution in [3.63, 3.8) is 0 Å². The number of nitrogens with zero attached hydrogens (tertiary/aromatic N) is 2. The molecule has 0 spiro atoms. The number of halogens is 2. The van der Waals surface area contributed by atoms with Crippen LogP contribution in [-0.4, -0.2) is 9.78 Å². The molecule has 0 aliphatic carbocycles. The molecular weight excluding hydrogens is 287 g/mol. The fourth-order valence-corrected chi connectivity index (χ4v) is 2.06. The summed E-state index contributed by atoms with van der Waals surface area (Å²) >= 11 is 3.16. The van der Waals surface area contributed by atoms with Crippen LogP contribution in [-0.2, 0) is 7.05 Å². The molecule has 90 valence electrons. The molecule has 2 rings (SSSR count). The summed E-state index contributed by atoms with van der Waals surface area (Å²) in [5.41, 5.74) is 4.49. The van der Waals surface area contributed by atoms with Gasteiger partial charge >= 0.3 is 0 Å². The molecule has 0 fully saturated rings. The van der Waals surface area contributed by atoms with Crippen LogP contribution in [0.3, 0.4) is 0 Å². The highest BCUT2D eigenvalue weighted by atomic mass is 79.9. The van der Waals surface area contributed by atoms with Crippen molar-refractivity contribution in [3.05, 3.63) is 52.0 Å². The number of aryl methyl sites for hydroxylation is 1. The lowest BCUT2D eigenvalue weighted by Gasteiger charge is -2.15. The van der Waals surface area contributed by atoms with Crippen LogP contribution in [0, 0.1) is 5.82 Å². The van der Waals surface area contributed by atoms with Crippen molar-refractivity contribution in [1.82, 2.24) is 15.2 Å². The maximum absolute atomic E-state index is 13.2. The largest absolute Gasteiger partial charge is 0.275 e. The average molecular weight is 299 g/mol. The Bertz CT molecular complexity index is 526. The van der Waals surface area contributed by atoms with E-state index in [0.717, 1.165) is 11.1 Å². The molecule has 3 N–H and O–H groups in total. The van der Waals surface area contributed by atoms with Gasteiger partial charge in [-0.2, -0.15) is 5.10 Å². The van der Waals surface area contributed by atoms with Crippen molar-refractivity contribution < 1.29 is 4.39 Å². The van der Waals surface area contributed by atoms with E-state index in [-0.39, 0.29) is 11.9 Å². The summed E-state index contributed by atoms with van der Waals surface area (Å²) in [6.07, 6.45) is 3.59. The lowest BCUT2D eigenvalue weighted by molar-refractivity contribution is 0.609. The predicted octanol–water partition coefficient (Wildman–Crippen LogP) is 1.87. The Hall–Kier alpha value is -1.24. The maximum atomic E-state index is 13.2. The Morgan fingerprint density at radius 1 is 1.47 bits per heavy atom. The van der Waals surface area contributed by atoms with Gasteiger partial charge in [-0.05, 0) is 33.6 Å². The van der Waals surface area contributed by atoms with Crippen molar-refractivity contribution >= 4 is 15.9 Å². The Labute approximate surface area is 107 Å². The van der Waals surface area contributed by atoms with Gasteiger partial charge in [-0.15, -0.1) is 0 Å². The summed E-state index contributed by atoms with van der Waals surface area (Å²) in [6, 6.07) is 4.59. The van der Waals surface area contributed by atoms with E-state index in [4.69, 9.17) is 5.84 Å². The maximum Gasteiger partial charge on any atom is 0.137 e. The third kappa shape index (κ3) is 2.54. The number of nitrogens with one attached hydrogen (secondary N) is 1. The Morgan fingerprint density at radius 3 is 2.76 bits per heavy atom. The van der Waals surface area contributed by atoms with E-state index in [0.29, 0.717) is 4.47 Å². The van der Waals surface area contributed by atoms with Gasteiger partial charge in [-0.3, -0.25) is 10.5 Å². The molecule has 1 unspecified atom stereocenters. The first-order valence-electron chi connectivity index (χ1n) is 5.01. The summed E-state index contributed by atoms with van der Waals surface area (Å²) in [5, 5.41) is 4.09. The zero-order chi connectivity index (χ0) is 12.4. The molecule has 4 nitrogen and oxygen atoms in total. The van der Waals surface area contributed by atoms with Gasteiger partial charge in [-0.1, -0.05) is 6.07 Å². The smallest absolute Gasteiger partial charge is 0.137 e. The molecule has 0 saturated carbocycles. The summed E-state index contributed by atoms with van der Waals surface area (Å²) in [7, 11) is 1.83. The van der Waals surface area contributed by atoms with Crippen LogP contribution in [0.5, 0.6) is 0 Å². The van der Waals surface area contributed by atoms with E-state index in [1.54, 1.807) is 23.0 Å². The van der Waals surface area contributed by atoms with Crippen molar-refractivity contribution in [2.24, 2.45) is 12.9 Å². The summed E-state index contributed by atoms with van der Waals surface area (Å²) in [6.45, 7) is 0. The van der Waals surface area contributed by atoms with Crippen LogP contribution in [0.25, 0.3) is 0 Å². The first-order chi connectivity index (χ1) is 8.11. The molecule has 1 aromatic carbocycles. The molecule has 17 heavy (non-hydrogen) atoms. The summed E-state index contributed by atoms with van der Waals surface area (Å²) < 4.78 is 15.3. The molecule has 1 atom stereocenters. The van der Waals surface area contributed by atoms with Crippen molar-refractivity contribution in [2.75, 3.05) is 0 Å². The molecule has 0 aliphatic rings. The Morgan fingerprint density at radius 2 is 2.24 bits per heavy atom. The lowest BCUT2D eigenvalue weighted by Crippen LogP contribution is -2.28. The summed E-state index contributed by atoms with van der Waals surface area (Å²) in [5.74, 6) is 5.24.